The Morgan fingerprint density at radius 2 is 2.35 bits per heavy atom. The van der Waals surface area contributed by atoms with Crippen LogP contribution in [0.15, 0.2) is 22.6 Å². The van der Waals surface area contributed by atoms with Crippen molar-refractivity contribution in [1.29, 1.82) is 0 Å². The second-order valence-electron chi connectivity index (χ2n) is 4.70. The summed E-state index contributed by atoms with van der Waals surface area (Å²) in [5.41, 5.74) is 1.16. The number of rotatable bonds is 4. The minimum atomic E-state index is -0.0208. The van der Waals surface area contributed by atoms with Gasteiger partial charge in [0.2, 0.25) is 0 Å². The van der Waals surface area contributed by atoms with Crippen LogP contribution < -0.4 is 5.69 Å². The number of aryl methyl sites for hydroxylation is 2. The summed E-state index contributed by atoms with van der Waals surface area (Å²) < 4.78 is 3.21. The zero-order valence-corrected chi connectivity index (χ0v) is 10.6. The van der Waals surface area contributed by atoms with Crippen LogP contribution >= 0.6 is 11.3 Å². The molecule has 0 spiro atoms. The SMILES string of the molecule is Cc1csc(-n2cnn(CCC3CC3)c2=O)c1. The van der Waals surface area contributed by atoms with Gasteiger partial charge in [-0.1, -0.05) is 12.8 Å². The van der Waals surface area contributed by atoms with E-state index in [1.807, 2.05) is 18.4 Å². The van der Waals surface area contributed by atoms with Crippen molar-refractivity contribution >= 4 is 11.3 Å². The molecule has 2 heterocycles. The quantitative estimate of drug-likeness (QED) is 0.833. The number of hydrogen-bond acceptors (Lipinski definition) is 3. The van der Waals surface area contributed by atoms with Crippen molar-refractivity contribution < 1.29 is 0 Å². The maximum Gasteiger partial charge on any atom is 0.350 e. The van der Waals surface area contributed by atoms with Gasteiger partial charge in [0.05, 0.1) is 0 Å². The van der Waals surface area contributed by atoms with Gasteiger partial charge in [-0.3, -0.25) is 0 Å². The first-order valence-electron chi connectivity index (χ1n) is 5.94. The molecule has 0 saturated heterocycles. The molecule has 0 radical (unpaired) electrons. The topological polar surface area (TPSA) is 39.8 Å². The molecule has 90 valence electrons. The summed E-state index contributed by atoms with van der Waals surface area (Å²) in [5.74, 6) is 0.830. The third-order valence-corrected chi connectivity index (χ3v) is 4.18. The molecule has 2 aromatic rings. The van der Waals surface area contributed by atoms with Crippen LogP contribution in [0.5, 0.6) is 0 Å². The lowest BCUT2D eigenvalue weighted by Gasteiger charge is -1.97. The maximum absolute atomic E-state index is 12.1. The average molecular weight is 249 g/mol. The Kier molecular flexibility index (Phi) is 2.63. The van der Waals surface area contributed by atoms with Crippen LogP contribution in [-0.4, -0.2) is 14.3 Å². The standard InChI is InChI=1S/C12H15N3OS/c1-9-6-11(17-7-9)14-8-13-15(12(14)16)5-4-10-2-3-10/h6-8,10H,2-5H2,1H3. The van der Waals surface area contributed by atoms with Gasteiger partial charge in [0.1, 0.15) is 11.3 Å². The number of hydrogen-bond donors (Lipinski definition) is 0. The average Bonchev–Trinajstić information content (AvgIpc) is 2.94. The molecule has 5 heteroatoms. The van der Waals surface area contributed by atoms with Crippen molar-refractivity contribution in [2.75, 3.05) is 0 Å². The van der Waals surface area contributed by atoms with Crippen molar-refractivity contribution in [2.24, 2.45) is 5.92 Å². The fourth-order valence-corrected chi connectivity index (χ4v) is 2.76. The van der Waals surface area contributed by atoms with Crippen LogP contribution in [0, 0.1) is 12.8 Å². The number of aromatic nitrogens is 3. The van der Waals surface area contributed by atoms with Gasteiger partial charge in [0.25, 0.3) is 0 Å². The second-order valence-corrected chi connectivity index (χ2v) is 5.59. The molecular formula is C12H15N3OS. The Labute approximate surface area is 104 Å². The van der Waals surface area contributed by atoms with Gasteiger partial charge in [-0.2, -0.15) is 5.10 Å². The van der Waals surface area contributed by atoms with E-state index < -0.39 is 0 Å². The monoisotopic (exact) mass is 249 g/mol. The maximum atomic E-state index is 12.1. The molecule has 3 rings (SSSR count). The van der Waals surface area contributed by atoms with E-state index in [-0.39, 0.29) is 5.69 Å². The predicted octanol–water partition coefficient (Wildman–Crippen LogP) is 2.20. The third-order valence-electron chi connectivity index (χ3n) is 3.13. The minimum absolute atomic E-state index is 0.0208. The summed E-state index contributed by atoms with van der Waals surface area (Å²) >= 11 is 1.58. The summed E-state index contributed by atoms with van der Waals surface area (Å²) in [6.45, 7) is 2.78. The normalized spacial score (nSPS) is 15.4. The van der Waals surface area contributed by atoms with Crippen molar-refractivity contribution in [3.05, 3.63) is 33.8 Å². The molecule has 0 aliphatic heterocycles. The molecule has 2 aromatic heterocycles. The van der Waals surface area contributed by atoms with E-state index in [9.17, 15) is 4.79 Å². The van der Waals surface area contributed by atoms with E-state index in [1.54, 1.807) is 26.9 Å². The molecule has 0 amide bonds. The van der Waals surface area contributed by atoms with Crippen LogP contribution in [0.3, 0.4) is 0 Å². The Balaban J connectivity index is 1.83. The van der Waals surface area contributed by atoms with Gasteiger partial charge in [-0.15, -0.1) is 11.3 Å². The van der Waals surface area contributed by atoms with E-state index in [0.29, 0.717) is 0 Å². The zero-order chi connectivity index (χ0) is 11.8. The summed E-state index contributed by atoms with van der Waals surface area (Å²) in [5, 5.41) is 7.17. The van der Waals surface area contributed by atoms with E-state index in [0.717, 1.165) is 23.9 Å². The lowest BCUT2D eigenvalue weighted by atomic mass is 10.3. The first kappa shape index (κ1) is 10.8. The first-order valence-corrected chi connectivity index (χ1v) is 6.82. The first-order chi connectivity index (χ1) is 8.24. The van der Waals surface area contributed by atoms with Crippen molar-refractivity contribution in [2.45, 2.75) is 32.7 Å². The lowest BCUT2D eigenvalue weighted by Crippen LogP contribution is -2.23. The third kappa shape index (κ3) is 2.20. The van der Waals surface area contributed by atoms with E-state index >= 15 is 0 Å². The van der Waals surface area contributed by atoms with Crippen molar-refractivity contribution in [3.8, 4) is 5.00 Å². The summed E-state index contributed by atoms with van der Waals surface area (Å²) in [6.07, 6.45) is 5.35. The summed E-state index contributed by atoms with van der Waals surface area (Å²) in [6, 6.07) is 2.01. The molecule has 0 aromatic carbocycles. The Hall–Kier alpha value is -1.36. The number of thiophene rings is 1. The largest absolute Gasteiger partial charge is 0.350 e. The van der Waals surface area contributed by atoms with Crippen LogP contribution in [0.2, 0.25) is 0 Å². The molecule has 1 aliphatic carbocycles. The Morgan fingerprint density at radius 3 is 3.00 bits per heavy atom. The second kappa shape index (κ2) is 4.14. The van der Waals surface area contributed by atoms with Gasteiger partial charge in [-0.05, 0) is 36.3 Å². The molecule has 17 heavy (non-hydrogen) atoms. The van der Waals surface area contributed by atoms with Crippen LogP contribution in [-0.2, 0) is 6.54 Å². The van der Waals surface area contributed by atoms with Gasteiger partial charge in [-0.25, -0.2) is 14.0 Å². The van der Waals surface area contributed by atoms with Crippen LogP contribution in [0.1, 0.15) is 24.8 Å². The molecule has 0 N–H and O–H groups in total. The Morgan fingerprint density at radius 1 is 1.53 bits per heavy atom. The zero-order valence-electron chi connectivity index (χ0n) is 9.80. The Bertz CT molecular complexity index is 577. The highest BCUT2D eigenvalue weighted by Gasteiger charge is 2.21. The highest BCUT2D eigenvalue weighted by Crippen LogP contribution is 2.32. The number of nitrogens with zero attached hydrogens (tertiary/aromatic N) is 3. The van der Waals surface area contributed by atoms with Gasteiger partial charge < -0.3 is 0 Å². The van der Waals surface area contributed by atoms with Crippen LogP contribution in [0.4, 0.5) is 0 Å². The highest BCUT2D eigenvalue weighted by atomic mass is 32.1. The van der Waals surface area contributed by atoms with Crippen molar-refractivity contribution in [1.82, 2.24) is 14.3 Å². The summed E-state index contributed by atoms with van der Waals surface area (Å²) in [7, 11) is 0. The fraction of sp³-hybridized carbons (Fsp3) is 0.500. The molecule has 1 fully saturated rings. The van der Waals surface area contributed by atoms with E-state index in [2.05, 4.69) is 5.10 Å². The van der Waals surface area contributed by atoms with Gasteiger partial charge in [0, 0.05) is 6.54 Å². The van der Waals surface area contributed by atoms with Gasteiger partial charge >= 0.3 is 5.69 Å². The molecule has 0 atom stereocenters. The van der Waals surface area contributed by atoms with Crippen molar-refractivity contribution in [3.63, 3.8) is 0 Å². The molecule has 0 unspecified atom stereocenters. The molecule has 1 saturated carbocycles. The molecule has 1 aliphatic rings. The van der Waals surface area contributed by atoms with Crippen LogP contribution in [0.25, 0.3) is 5.00 Å². The molecule has 0 bridgehead atoms. The smallest absolute Gasteiger partial charge is 0.246 e. The molecule has 4 nitrogen and oxygen atoms in total. The van der Waals surface area contributed by atoms with E-state index in [4.69, 9.17) is 0 Å². The fourth-order valence-electron chi connectivity index (χ4n) is 1.90. The van der Waals surface area contributed by atoms with E-state index in [1.165, 1.54) is 18.4 Å². The molecular weight excluding hydrogens is 234 g/mol. The summed E-state index contributed by atoms with van der Waals surface area (Å²) in [4.78, 5) is 12.1. The lowest BCUT2D eigenvalue weighted by molar-refractivity contribution is 0.529. The highest BCUT2D eigenvalue weighted by molar-refractivity contribution is 7.12. The predicted molar refractivity (Wildman–Crippen MR) is 67.8 cm³/mol. The minimum Gasteiger partial charge on any atom is -0.246 e. The van der Waals surface area contributed by atoms with Gasteiger partial charge in [0.15, 0.2) is 0 Å².